The van der Waals surface area contributed by atoms with Gasteiger partial charge in [0.15, 0.2) is 0 Å². The van der Waals surface area contributed by atoms with E-state index in [0.29, 0.717) is 15.9 Å². The zero-order chi connectivity index (χ0) is 34.7. The van der Waals surface area contributed by atoms with Crippen molar-refractivity contribution in [3.8, 4) is 0 Å². The first-order chi connectivity index (χ1) is 18.1. The van der Waals surface area contributed by atoms with Crippen LogP contribution in [0.3, 0.4) is 0 Å². The van der Waals surface area contributed by atoms with Gasteiger partial charge >= 0.3 is 205 Å². The van der Waals surface area contributed by atoms with Crippen LogP contribution in [0.25, 0.3) is 0 Å². The summed E-state index contributed by atoms with van der Waals surface area (Å²) >= 11 is 0. The molecule has 0 aliphatic heterocycles. The van der Waals surface area contributed by atoms with Crippen LogP contribution in [-0.4, -0.2) is 104 Å². The zero-order valence-corrected chi connectivity index (χ0v) is 71.0. The number of likely N-dealkylation sites (N-methyl/N-ethyl adjacent to an activating group) is 3. The van der Waals surface area contributed by atoms with Crippen LogP contribution in [0.2, 0.25) is 0 Å². The standard InChI is InChI=1S/C6H15NO8P3.C5H12NO6P2.C5H11NO3P.3Rb.3Re.2Rf/c1-6(8)5-7(2)17(10,11)15-18(12,13)14-16(3,4)9;1-5(7)4-6(2)14(10,11)12-13(3,8)9;1-5(7)4-6(2)10(3,8)9;;;;;;;;/h5H,1-4H3,(H,10,11)(H,12,13);4H,1-3H3,(H,8,9)(H,10,11);4H,1-3H3,(H,8,9);;;;;;;;/q3*-1;3*+1;;;;;. The summed E-state index contributed by atoms with van der Waals surface area (Å²) in [6.07, 6.45) is 0. The number of hydrogen-bond donors (Lipinski definition) is 5. The predicted molar refractivity (Wildman–Crippen MR) is 152 cm³/mol. The maximum Gasteiger partial charge on any atom is 1.00 e. The first-order valence-electron chi connectivity index (χ1n) is 10.7. The Morgan fingerprint density at radius 3 is 0.940 bits per heavy atom. The van der Waals surface area contributed by atoms with Gasteiger partial charge in [-0.25, -0.2) is 22.3 Å². The number of ketones is 3. The average Bonchev–Trinajstić information content (AvgIpc) is 2.61. The maximum absolute atomic E-state index is 11.5. The van der Waals surface area contributed by atoms with E-state index in [1.807, 2.05) is 0 Å². The third kappa shape index (κ3) is 51.0. The molecule has 0 heterocycles. The molecule has 50 heavy (non-hydrogen) atoms. The van der Waals surface area contributed by atoms with Gasteiger partial charge in [0.1, 0.15) is 0 Å². The Bertz CT molecular complexity index is 1270. The molecule has 5 atom stereocenters. The minimum atomic E-state index is -4.98. The number of Topliss-reactive ketones (excluding diaryl/α,β-unsaturated/α-hetero) is 3. The van der Waals surface area contributed by atoms with Gasteiger partial charge in [0, 0.05) is 105 Å². The topological polar surface area (TPSA) is 292 Å². The molecule has 0 bridgehead atoms. The molecule has 0 spiro atoms. The van der Waals surface area contributed by atoms with E-state index in [-0.39, 0.29) is 242 Å². The summed E-state index contributed by atoms with van der Waals surface area (Å²) in [5.41, 5.74) is 0. The van der Waals surface area contributed by atoms with Crippen molar-refractivity contribution in [2.24, 2.45) is 0 Å². The van der Waals surface area contributed by atoms with Gasteiger partial charge in [0.25, 0.3) is 0 Å². The van der Waals surface area contributed by atoms with E-state index in [1.165, 1.54) is 27.6 Å². The molecule has 0 aromatic rings. The fourth-order valence-corrected chi connectivity index (χ4v) is 8.70. The number of carbonyl (C=O) groups excluding carboxylic acids is 3. The van der Waals surface area contributed by atoms with E-state index >= 15 is 0 Å². The number of hydrogen-bond acceptors (Lipinski definition) is 12. The van der Waals surface area contributed by atoms with Gasteiger partial charge in [-0.15, -0.1) is 0 Å². The molecule has 0 saturated carbocycles. The molecule has 5 N–H and O–H groups in total. The third-order valence-electron chi connectivity index (χ3n) is 3.26. The van der Waals surface area contributed by atoms with Crippen molar-refractivity contribution in [2.45, 2.75) is 20.8 Å². The summed E-state index contributed by atoms with van der Waals surface area (Å²) in [6, 6.07) is 0. The fraction of sp³-hybridized carbons (Fsp3) is 0.625. The van der Waals surface area contributed by atoms with Crippen LogP contribution in [0.15, 0.2) is 0 Å². The molecule has 34 heteroatoms. The van der Waals surface area contributed by atoms with Crippen molar-refractivity contribution < 1.29 is 315 Å². The van der Waals surface area contributed by atoms with Gasteiger partial charge in [-0.2, -0.15) is 4.31 Å². The van der Waals surface area contributed by atoms with Crippen LogP contribution in [0.1, 0.15) is 20.8 Å². The monoisotopic (exact) mass is 2080 g/mol. The minimum Gasteiger partial charge on any atom is -0.364 e. The van der Waals surface area contributed by atoms with Gasteiger partial charge in [0.05, 0.1) is 0 Å². The SMILES string of the molecule is CC(=O)[CH-]N(C)P(=O)(O)OP(=O)(O)OP(C)(C)=O.CC(=O)[CH-]N(C)P(=O)(O)OP(C)(=O)O.CC(=O)[CH-]N(C)P(C)(=O)O.[Rb+].[Rb+].[Rb+].[Re].[Re].[Re].[Rf].[Rf]. The molecular weight excluding hydrogens is 2040 g/mol. The van der Waals surface area contributed by atoms with Crippen LogP contribution >= 0.6 is 45.8 Å². The largest absolute Gasteiger partial charge is 1.00 e. The zero-order valence-electron chi connectivity index (χ0n) is 29.9. The second-order valence-corrected chi connectivity index (χ2v) is 21.1. The Kier molecular flexibility index (Phi) is 59.4. The molecule has 0 aromatic heterocycles. The Labute approximate surface area is 469 Å². The number of phosphoric acid groups is 1. The first-order valence-corrected chi connectivity index (χ1v) is 21.8. The molecule has 0 rings (SSSR count). The van der Waals surface area contributed by atoms with E-state index in [0.717, 1.165) is 58.8 Å². The van der Waals surface area contributed by atoms with Crippen molar-refractivity contribution in [3.05, 3.63) is 19.6 Å². The molecule has 5 unspecified atom stereocenters. The smallest absolute Gasteiger partial charge is 0.364 e. The average molecular weight is 2080 g/mol. The molecule has 0 aliphatic carbocycles. The number of rotatable bonds is 15. The van der Waals surface area contributed by atoms with Gasteiger partial charge in [-0.05, 0) is 41.9 Å². The van der Waals surface area contributed by atoms with Crippen molar-refractivity contribution in [2.75, 3.05) is 47.8 Å². The number of nitrogens with zero attached hydrogens (tertiary/aromatic N) is 3. The Balaban J connectivity index is -0.0000000484. The molecule has 277 valence electrons. The van der Waals surface area contributed by atoms with Crippen molar-refractivity contribution in [1.82, 2.24) is 14.0 Å². The van der Waals surface area contributed by atoms with Crippen molar-refractivity contribution >= 4 is 63.1 Å². The summed E-state index contributed by atoms with van der Waals surface area (Å²) in [5, 5.41) is 0. The van der Waals surface area contributed by atoms with Crippen LogP contribution < -0.4 is 175 Å². The van der Waals surface area contributed by atoms with Crippen molar-refractivity contribution in [1.29, 1.82) is 0 Å². The predicted octanol–water partition coefficient (Wildman–Crippen LogP) is -6.47. The van der Waals surface area contributed by atoms with E-state index in [2.05, 4.69) is 12.9 Å². The van der Waals surface area contributed by atoms with E-state index < -0.39 is 57.4 Å². The first kappa shape index (κ1) is 82.8. The van der Waals surface area contributed by atoms with Crippen LogP contribution in [0.5, 0.6) is 0 Å². The Hall–Kier alpha value is 4.96. The second-order valence-electron chi connectivity index (χ2n) is 8.53. The van der Waals surface area contributed by atoms with E-state index in [9.17, 15) is 46.7 Å². The molecule has 0 aromatic carbocycles. The van der Waals surface area contributed by atoms with Gasteiger partial charge in [-0.1, -0.05) is 0 Å². The minimum absolute atomic E-state index is 0. The maximum atomic E-state index is 11.5. The molecule has 20 nitrogen and oxygen atoms in total. The molecule has 3 radical (unpaired) electrons. The summed E-state index contributed by atoms with van der Waals surface area (Å²) in [6.45, 7) is 10.2. The van der Waals surface area contributed by atoms with Gasteiger partial charge in [0.2, 0.25) is 14.9 Å². The molecular formula is C16H38N3O17P6Rb3Re3Rf2. The summed E-state index contributed by atoms with van der Waals surface area (Å²) in [4.78, 5) is 76.8. The third-order valence-corrected chi connectivity index (χ3v) is 12.5. The Morgan fingerprint density at radius 1 is 0.520 bits per heavy atom. The van der Waals surface area contributed by atoms with Gasteiger partial charge < -0.3 is 52.9 Å². The Morgan fingerprint density at radius 2 is 0.760 bits per heavy atom. The molecule has 0 saturated heterocycles. The summed E-state index contributed by atoms with van der Waals surface area (Å²) in [5.74, 6) is -1.28. The summed E-state index contributed by atoms with van der Waals surface area (Å²) < 4.78 is 81.0. The molecule has 0 amide bonds. The van der Waals surface area contributed by atoms with Crippen LogP contribution in [0, 0.1) is 19.6 Å². The molecule has 0 fully saturated rings. The van der Waals surface area contributed by atoms with Crippen molar-refractivity contribution in [3.63, 3.8) is 0 Å². The molecule has 0 aliphatic rings. The summed E-state index contributed by atoms with van der Waals surface area (Å²) in [7, 11) is -21.4. The van der Waals surface area contributed by atoms with E-state index in [4.69, 9.17) is 19.6 Å². The quantitative estimate of drug-likeness (QED) is 0.0753. The normalized spacial score (nSPS) is 15.7. The van der Waals surface area contributed by atoms with Gasteiger partial charge in [-0.3, -0.25) is 33.3 Å². The van der Waals surface area contributed by atoms with Crippen LogP contribution in [-0.2, 0) is 116 Å². The number of carbonyl (C=O) groups is 3. The van der Waals surface area contributed by atoms with E-state index in [1.54, 1.807) is 0 Å². The fourth-order valence-electron chi connectivity index (χ4n) is 1.75. The second kappa shape index (κ2) is 35.9. The van der Waals surface area contributed by atoms with Crippen LogP contribution in [0.4, 0.5) is 0 Å².